The lowest BCUT2D eigenvalue weighted by molar-refractivity contribution is 0.0808. The number of phenolic OH excluding ortho intramolecular Hbond substituents is 1. The number of hydrogen-bond donors (Lipinski definition) is 1. The van der Waals surface area contributed by atoms with Crippen molar-refractivity contribution in [3.8, 4) is 17.6 Å². The predicted molar refractivity (Wildman–Crippen MR) is 57.2 cm³/mol. The summed E-state index contributed by atoms with van der Waals surface area (Å²) in [7, 11) is 2.90. The van der Waals surface area contributed by atoms with Gasteiger partial charge >= 0.3 is 0 Å². The van der Waals surface area contributed by atoms with E-state index in [1.165, 1.54) is 25.1 Å². The third kappa shape index (κ3) is 2.23. The Labute approximate surface area is 93.5 Å². The number of carbonyl (C=O) groups is 1. The third-order valence-electron chi connectivity index (χ3n) is 2.10. The number of hydrogen-bond acceptors (Lipinski definition) is 4. The highest BCUT2D eigenvalue weighted by Gasteiger charge is 2.17. The zero-order valence-corrected chi connectivity index (χ0v) is 9.10. The van der Waals surface area contributed by atoms with Crippen molar-refractivity contribution in [2.24, 2.45) is 0 Å². The molecular formula is C11H12N2O3. The molecule has 1 amide bonds. The summed E-state index contributed by atoms with van der Waals surface area (Å²) in [4.78, 5) is 13.0. The molecule has 0 spiro atoms. The van der Waals surface area contributed by atoms with E-state index in [1.807, 2.05) is 6.07 Å². The topological polar surface area (TPSA) is 73.6 Å². The van der Waals surface area contributed by atoms with Crippen LogP contribution < -0.4 is 4.74 Å². The van der Waals surface area contributed by atoms with E-state index in [0.29, 0.717) is 0 Å². The van der Waals surface area contributed by atoms with Gasteiger partial charge < -0.3 is 14.7 Å². The van der Waals surface area contributed by atoms with Gasteiger partial charge in [-0.1, -0.05) is 6.07 Å². The van der Waals surface area contributed by atoms with Gasteiger partial charge in [-0.3, -0.25) is 4.79 Å². The summed E-state index contributed by atoms with van der Waals surface area (Å²) < 4.78 is 4.89. The maximum absolute atomic E-state index is 11.8. The molecule has 5 nitrogen and oxygen atoms in total. The molecule has 0 radical (unpaired) electrons. The maximum Gasteiger partial charge on any atom is 0.258 e. The van der Waals surface area contributed by atoms with Gasteiger partial charge in [0, 0.05) is 7.05 Å². The van der Waals surface area contributed by atoms with Crippen molar-refractivity contribution in [1.29, 1.82) is 5.26 Å². The van der Waals surface area contributed by atoms with Crippen molar-refractivity contribution >= 4 is 5.91 Å². The van der Waals surface area contributed by atoms with E-state index in [2.05, 4.69) is 0 Å². The second-order valence-electron chi connectivity index (χ2n) is 3.18. The molecular weight excluding hydrogens is 208 g/mol. The lowest BCUT2D eigenvalue weighted by Gasteiger charge is -2.14. The van der Waals surface area contributed by atoms with Crippen LogP contribution in [0.2, 0.25) is 0 Å². The lowest BCUT2D eigenvalue weighted by atomic mass is 10.1. The third-order valence-corrected chi connectivity index (χ3v) is 2.10. The van der Waals surface area contributed by atoms with Crippen LogP contribution in [0.15, 0.2) is 18.2 Å². The first-order valence-corrected chi connectivity index (χ1v) is 4.60. The standard InChI is InChI=1S/C11H12N2O3/c1-13(7-6-12)11(15)8-4-3-5-9(16-2)10(8)14/h3-5,14H,7H2,1-2H3. The molecule has 1 rings (SSSR count). The fraction of sp³-hybridized carbons (Fsp3) is 0.273. The van der Waals surface area contributed by atoms with Crippen molar-refractivity contribution in [3.05, 3.63) is 23.8 Å². The van der Waals surface area contributed by atoms with E-state index in [9.17, 15) is 9.90 Å². The normalized spacial score (nSPS) is 9.31. The minimum Gasteiger partial charge on any atom is -0.504 e. The molecule has 1 aromatic carbocycles. The maximum atomic E-state index is 11.8. The number of amides is 1. The monoisotopic (exact) mass is 220 g/mol. The van der Waals surface area contributed by atoms with E-state index in [1.54, 1.807) is 12.1 Å². The summed E-state index contributed by atoms with van der Waals surface area (Å²) in [6.07, 6.45) is 0. The zero-order valence-electron chi connectivity index (χ0n) is 9.10. The number of para-hydroxylation sites is 1. The van der Waals surface area contributed by atoms with Crippen molar-refractivity contribution in [3.63, 3.8) is 0 Å². The molecule has 0 aliphatic heterocycles. The van der Waals surface area contributed by atoms with Crippen LogP contribution in [0.4, 0.5) is 0 Å². The van der Waals surface area contributed by atoms with Crippen LogP contribution in [-0.4, -0.2) is 36.6 Å². The van der Waals surface area contributed by atoms with Crippen LogP contribution >= 0.6 is 0 Å². The number of nitriles is 1. The van der Waals surface area contributed by atoms with Gasteiger partial charge in [-0.2, -0.15) is 5.26 Å². The van der Waals surface area contributed by atoms with E-state index in [-0.39, 0.29) is 23.6 Å². The Hall–Kier alpha value is -2.22. The zero-order chi connectivity index (χ0) is 12.1. The molecule has 84 valence electrons. The molecule has 0 atom stereocenters. The molecule has 0 aromatic heterocycles. The quantitative estimate of drug-likeness (QED) is 0.771. The van der Waals surface area contributed by atoms with Gasteiger partial charge in [0.05, 0.1) is 18.7 Å². The Bertz CT molecular complexity index is 437. The van der Waals surface area contributed by atoms with E-state index in [0.717, 1.165) is 0 Å². The van der Waals surface area contributed by atoms with Crippen LogP contribution in [0.3, 0.4) is 0 Å². The van der Waals surface area contributed by atoms with Crippen molar-refractivity contribution in [2.75, 3.05) is 20.7 Å². The molecule has 1 N–H and O–H groups in total. The van der Waals surface area contributed by atoms with Crippen LogP contribution in [0.25, 0.3) is 0 Å². The highest BCUT2D eigenvalue weighted by Crippen LogP contribution is 2.29. The Kier molecular flexibility index (Phi) is 3.72. The number of phenols is 1. The molecule has 0 aliphatic carbocycles. The molecule has 0 aliphatic rings. The second kappa shape index (κ2) is 5.03. The fourth-order valence-electron chi connectivity index (χ4n) is 1.24. The van der Waals surface area contributed by atoms with Crippen molar-refractivity contribution in [1.82, 2.24) is 4.90 Å². The Balaban J connectivity index is 3.05. The molecule has 5 heteroatoms. The van der Waals surface area contributed by atoms with Crippen molar-refractivity contribution < 1.29 is 14.6 Å². The predicted octanol–water partition coefficient (Wildman–Crippen LogP) is 0.996. The van der Waals surface area contributed by atoms with Crippen LogP contribution in [-0.2, 0) is 0 Å². The second-order valence-corrected chi connectivity index (χ2v) is 3.18. The smallest absolute Gasteiger partial charge is 0.258 e. The minimum atomic E-state index is -0.419. The number of rotatable bonds is 3. The summed E-state index contributed by atoms with van der Waals surface area (Å²) >= 11 is 0. The van der Waals surface area contributed by atoms with E-state index >= 15 is 0 Å². The molecule has 0 fully saturated rings. The minimum absolute atomic E-state index is 0.0323. The fourth-order valence-corrected chi connectivity index (χ4v) is 1.24. The Morgan fingerprint density at radius 2 is 2.31 bits per heavy atom. The molecule has 16 heavy (non-hydrogen) atoms. The van der Waals surface area contributed by atoms with Gasteiger partial charge in [0.25, 0.3) is 5.91 Å². The Morgan fingerprint density at radius 1 is 1.62 bits per heavy atom. The molecule has 0 bridgehead atoms. The van der Waals surface area contributed by atoms with Crippen LogP contribution in [0.1, 0.15) is 10.4 Å². The molecule has 0 unspecified atom stereocenters. The number of nitrogens with zero attached hydrogens (tertiary/aromatic N) is 2. The number of benzene rings is 1. The lowest BCUT2D eigenvalue weighted by Crippen LogP contribution is -2.27. The first kappa shape index (κ1) is 11.9. The summed E-state index contributed by atoms with van der Waals surface area (Å²) in [5, 5.41) is 18.2. The van der Waals surface area contributed by atoms with Gasteiger partial charge in [-0.05, 0) is 12.1 Å². The average molecular weight is 220 g/mol. The molecule has 0 saturated carbocycles. The SMILES string of the molecule is COc1cccc(C(=O)N(C)CC#N)c1O. The van der Waals surface area contributed by atoms with Crippen LogP contribution in [0.5, 0.6) is 11.5 Å². The van der Waals surface area contributed by atoms with Gasteiger partial charge in [0.2, 0.25) is 0 Å². The van der Waals surface area contributed by atoms with Crippen LogP contribution in [0, 0.1) is 11.3 Å². The highest BCUT2D eigenvalue weighted by molar-refractivity contribution is 5.97. The molecule has 0 heterocycles. The number of ether oxygens (including phenoxy) is 1. The van der Waals surface area contributed by atoms with E-state index in [4.69, 9.17) is 10.00 Å². The first-order valence-electron chi connectivity index (χ1n) is 4.60. The van der Waals surface area contributed by atoms with E-state index < -0.39 is 5.91 Å². The largest absolute Gasteiger partial charge is 0.504 e. The first-order chi connectivity index (χ1) is 7.61. The van der Waals surface area contributed by atoms with Gasteiger partial charge in [0.15, 0.2) is 11.5 Å². The Morgan fingerprint density at radius 3 is 2.88 bits per heavy atom. The number of methoxy groups -OCH3 is 1. The van der Waals surface area contributed by atoms with Gasteiger partial charge in [0.1, 0.15) is 6.54 Å². The highest BCUT2D eigenvalue weighted by atomic mass is 16.5. The van der Waals surface area contributed by atoms with Gasteiger partial charge in [-0.15, -0.1) is 0 Å². The van der Waals surface area contributed by atoms with Crippen molar-refractivity contribution in [2.45, 2.75) is 0 Å². The summed E-state index contributed by atoms with van der Waals surface area (Å²) in [6, 6.07) is 6.49. The number of aromatic hydroxyl groups is 1. The number of carbonyl (C=O) groups excluding carboxylic acids is 1. The average Bonchev–Trinajstić information content (AvgIpc) is 2.29. The molecule has 1 aromatic rings. The summed E-state index contributed by atoms with van der Waals surface area (Å²) in [6.45, 7) is -0.0323. The summed E-state index contributed by atoms with van der Waals surface area (Å²) in [5.74, 6) is -0.394. The molecule has 0 saturated heterocycles. The summed E-state index contributed by atoms with van der Waals surface area (Å²) in [5.41, 5.74) is 0.122. The van der Waals surface area contributed by atoms with Gasteiger partial charge in [-0.25, -0.2) is 0 Å².